The third-order valence-electron chi connectivity index (χ3n) is 6.01. The van der Waals surface area contributed by atoms with Crippen LogP contribution in [0.15, 0.2) is 24.3 Å². The summed E-state index contributed by atoms with van der Waals surface area (Å²) in [5.41, 5.74) is 0.160. The number of carboxylic acid groups (broad SMARTS) is 1. The molecule has 0 saturated heterocycles. The number of ether oxygens (including phenoxy) is 1. The number of amides is 1. The summed E-state index contributed by atoms with van der Waals surface area (Å²) >= 11 is 6.53. The zero-order valence-corrected chi connectivity index (χ0v) is 14.4. The fraction of sp³-hybridized carbons (Fsp3) is 0.611. The lowest BCUT2D eigenvalue weighted by molar-refractivity contribution is -0.0233. The second kappa shape index (κ2) is 5.99. The molecule has 0 spiro atoms. The van der Waals surface area contributed by atoms with E-state index in [1.807, 2.05) is 25.1 Å². The quantitative estimate of drug-likeness (QED) is 0.846. The van der Waals surface area contributed by atoms with Crippen molar-refractivity contribution in [3.8, 4) is 0 Å². The topological polar surface area (TPSA) is 58.6 Å². The monoisotopic (exact) mass is 337 g/mol. The Balaban J connectivity index is 2.18. The average molecular weight is 338 g/mol. The number of carbonyl (C=O) groups is 1. The maximum atomic E-state index is 11.6. The molecule has 2 bridgehead atoms. The number of halogens is 1. The summed E-state index contributed by atoms with van der Waals surface area (Å²) in [5.74, 6) is 0.516. The number of rotatable bonds is 5. The molecule has 4 atom stereocenters. The summed E-state index contributed by atoms with van der Waals surface area (Å²) in [6, 6.07) is 7.86. The highest BCUT2D eigenvalue weighted by molar-refractivity contribution is 6.31. The highest BCUT2D eigenvalue weighted by Gasteiger charge is 2.66. The van der Waals surface area contributed by atoms with Gasteiger partial charge in [-0.25, -0.2) is 4.79 Å². The van der Waals surface area contributed by atoms with Gasteiger partial charge in [0.15, 0.2) is 0 Å². The largest absolute Gasteiger partial charge is 0.465 e. The molecule has 3 rings (SSSR count). The molecule has 2 fully saturated rings. The minimum Gasteiger partial charge on any atom is -0.465 e. The van der Waals surface area contributed by atoms with Crippen molar-refractivity contribution < 1.29 is 14.6 Å². The van der Waals surface area contributed by atoms with Crippen LogP contribution in [-0.2, 0) is 10.2 Å². The predicted molar refractivity (Wildman–Crippen MR) is 90.1 cm³/mol. The van der Waals surface area contributed by atoms with Gasteiger partial charge in [-0.3, -0.25) is 0 Å². The molecule has 1 aromatic rings. The van der Waals surface area contributed by atoms with Gasteiger partial charge in [0.05, 0.1) is 11.6 Å². The van der Waals surface area contributed by atoms with Crippen LogP contribution in [0.2, 0.25) is 5.02 Å². The lowest BCUT2D eigenvalue weighted by Crippen LogP contribution is -2.66. The summed E-state index contributed by atoms with van der Waals surface area (Å²) in [7, 11) is 1.67. The van der Waals surface area contributed by atoms with Crippen LogP contribution in [0.3, 0.4) is 0 Å². The molecule has 1 amide bonds. The fourth-order valence-corrected chi connectivity index (χ4v) is 5.63. The van der Waals surface area contributed by atoms with E-state index in [9.17, 15) is 9.90 Å². The molecule has 2 N–H and O–H groups in total. The van der Waals surface area contributed by atoms with Crippen LogP contribution in [0.25, 0.3) is 0 Å². The SMILES string of the molecule is CCC(OC)[C@]1(NC(=O)O)CC2CC[C@@]1(c1ccccc1Cl)C2. The smallest absolute Gasteiger partial charge is 0.405 e. The number of fused-ring (bicyclic) bond motifs is 2. The molecule has 5 heteroatoms. The molecule has 4 nitrogen and oxygen atoms in total. The van der Waals surface area contributed by atoms with E-state index in [4.69, 9.17) is 16.3 Å². The van der Waals surface area contributed by atoms with Gasteiger partial charge < -0.3 is 15.2 Å². The Labute approximate surface area is 142 Å². The Kier molecular flexibility index (Phi) is 4.32. The first-order valence-corrected chi connectivity index (χ1v) is 8.66. The summed E-state index contributed by atoms with van der Waals surface area (Å²) < 4.78 is 5.76. The van der Waals surface area contributed by atoms with Gasteiger partial charge in [-0.1, -0.05) is 36.7 Å². The van der Waals surface area contributed by atoms with Crippen LogP contribution in [0.5, 0.6) is 0 Å². The highest BCUT2D eigenvalue weighted by Crippen LogP contribution is 2.63. The van der Waals surface area contributed by atoms with Crippen LogP contribution >= 0.6 is 11.6 Å². The fourth-order valence-electron chi connectivity index (χ4n) is 5.31. The van der Waals surface area contributed by atoms with E-state index in [1.54, 1.807) is 7.11 Å². The molecule has 0 heterocycles. The van der Waals surface area contributed by atoms with Gasteiger partial charge in [-0.15, -0.1) is 0 Å². The van der Waals surface area contributed by atoms with Crippen LogP contribution in [0.1, 0.15) is 44.6 Å². The van der Waals surface area contributed by atoms with E-state index < -0.39 is 11.6 Å². The Bertz CT molecular complexity index is 604. The maximum Gasteiger partial charge on any atom is 0.405 e. The number of hydrogen-bond acceptors (Lipinski definition) is 2. The molecule has 126 valence electrons. The summed E-state index contributed by atoms with van der Waals surface area (Å²) in [6.07, 6.45) is 3.46. The summed E-state index contributed by atoms with van der Waals surface area (Å²) in [5, 5.41) is 13.1. The molecular formula is C18H24ClNO3. The summed E-state index contributed by atoms with van der Waals surface area (Å²) in [6.45, 7) is 2.05. The lowest BCUT2D eigenvalue weighted by atomic mass is 9.61. The van der Waals surface area contributed by atoms with Crippen molar-refractivity contribution in [1.29, 1.82) is 0 Å². The zero-order valence-electron chi connectivity index (χ0n) is 13.6. The van der Waals surface area contributed by atoms with Gasteiger partial charge in [0.25, 0.3) is 0 Å². The van der Waals surface area contributed by atoms with Crippen LogP contribution in [0.4, 0.5) is 4.79 Å². The molecule has 2 unspecified atom stereocenters. The Hall–Kier alpha value is -1.26. The van der Waals surface area contributed by atoms with Gasteiger partial charge in [-0.2, -0.15) is 0 Å². The number of nitrogens with one attached hydrogen (secondary N) is 1. The Morgan fingerprint density at radius 2 is 2.22 bits per heavy atom. The van der Waals surface area contributed by atoms with Gasteiger partial charge >= 0.3 is 6.09 Å². The van der Waals surface area contributed by atoms with Crippen LogP contribution in [0, 0.1) is 5.92 Å². The predicted octanol–water partition coefficient (Wildman–Crippen LogP) is 4.21. The minimum atomic E-state index is -0.987. The van der Waals surface area contributed by atoms with Crippen molar-refractivity contribution in [3.05, 3.63) is 34.9 Å². The number of hydrogen-bond donors (Lipinski definition) is 2. The van der Waals surface area contributed by atoms with Crippen molar-refractivity contribution in [2.45, 2.75) is 56.1 Å². The highest BCUT2D eigenvalue weighted by atomic mass is 35.5. The number of methoxy groups -OCH3 is 1. The first-order chi connectivity index (χ1) is 11.0. The molecule has 1 aromatic carbocycles. The van der Waals surface area contributed by atoms with E-state index >= 15 is 0 Å². The van der Waals surface area contributed by atoms with E-state index in [2.05, 4.69) is 11.4 Å². The van der Waals surface area contributed by atoms with E-state index in [0.717, 1.165) is 42.7 Å². The van der Waals surface area contributed by atoms with Crippen molar-refractivity contribution in [3.63, 3.8) is 0 Å². The maximum absolute atomic E-state index is 11.6. The third kappa shape index (κ3) is 2.34. The van der Waals surface area contributed by atoms with Gasteiger partial charge in [0.2, 0.25) is 0 Å². The standard InChI is InChI=1S/C18H24ClNO3/c1-3-15(23-2)18(20-16(21)22)11-12-8-9-17(18,10-12)13-6-4-5-7-14(13)19/h4-7,12,15,20H,3,8-11H2,1-2H3,(H,21,22)/t12?,15?,17-,18+/m0/s1. The van der Waals surface area contributed by atoms with E-state index in [-0.39, 0.29) is 11.5 Å². The lowest BCUT2D eigenvalue weighted by Gasteiger charge is -2.51. The normalized spacial score (nSPS) is 33.6. The molecule has 2 saturated carbocycles. The Morgan fingerprint density at radius 3 is 2.78 bits per heavy atom. The molecule has 23 heavy (non-hydrogen) atoms. The first kappa shape index (κ1) is 16.6. The summed E-state index contributed by atoms with van der Waals surface area (Å²) in [4.78, 5) is 11.6. The van der Waals surface area contributed by atoms with Crippen LogP contribution in [-0.4, -0.2) is 30.0 Å². The molecule has 0 aliphatic heterocycles. The minimum absolute atomic E-state index is 0.167. The number of benzene rings is 1. The second-order valence-corrected chi connectivity index (χ2v) is 7.32. The zero-order chi connectivity index (χ0) is 16.7. The second-order valence-electron chi connectivity index (χ2n) is 6.91. The van der Waals surface area contributed by atoms with E-state index in [0.29, 0.717) is 5.92 Å². The van der Waals surface area contributed by atoms with Crippen molar-refractivity contribution >= 4 is 17.7 Å². The average Bonchev–Trinajstić information content (AvgIpc) is 3.05. The van der Waals surface area contributed by atoms with Crippen LogP contribution < -0.4 is 5.32 Å². The van der Waals surface area contributed by atoms with Gasteiger partial charge in [0, 0.05) is 17.5 Å². The van der Waals surface area contributed by atoms with Crippen molar-refractivity contribution in [1.82, 2.24) is 5.32 Å². The van der Waals surface area contributed by atoms with Crippen molar-refractivity contribution in [2.24, 2.45) is 5.92 Å². The first-order valence-electron chi connectivity index (χ1n) is 8.28. The molecule has 0 radical (unpaired) electrons. The molecule has 2 aliphatic rings. The van der Waals surface area contributed by atoms with Gasteiger partial charge in [-0.05, 0) is 49.7 Å². The molecular weight excluding hydrogens is 314 g/mol. The van der Waals surface area contributed by atoms with Gasteiger partial charge in [0.1, 0.15) is 0 Å². The van der Waals surface area contributed by atoms with Crippen molar-refractivity contribution in [2.75, 3.05) is 7.11 Å². The Morgan fingerprint density at radius 1 is 1.48 bits per heavy atom. The molecule has 0 aromatic heterocycles. The molecule has 2 aliphatic carbocycles. The third-order valence-corrected chi connectivity index (χ3v) is 6.34. The van der Waals surface area contributed by atoms with E-state index in [1.165, 1.54) is 0 Å².